The highest BCUT2D eigenvalue weighted by molar-refractivity contribution is 6.05. The van der Waals surface area contributed by atoms with Gasteiger partial charge in [-0.1, -0.05) is 18.2 Å². The van der Waals surface area contributed by atoms with Gasteiger partial charge in [-0.05, 0) is 61.1 Å². The number of phenols is 1. The van der Waals surface area contributed by atoms with E-state index in [1.54, 1.807) is 27.7 Å². The topological polar surface area (TPSA) is 109 Å². The van der Waals surface area contributed by atoms with E-state index in [9.17, 15) is 9.90 Å². The van der Waals surface area contributed by atoms with Crippen molar-refractivity contribution in [2.24, 2.45) is 7.05 Å². The summed E-state index contributed by atoms with van der Waals surface area (Å²) in [4.78, 5) is 17.3. The molecule has 9 heteroatoms. The number of aromatic nitrogens is 5. The summed E-state index contributed by atoms with van der Waals surface area (Å²) in [6.07, 6.45) is 7.67. The minimum absolute atomic E-state index is 0.0475. The second kappa shape index (κ2) is 8.53. The van der Waals surface area contributed by atoms with Crippen LogP contribution in [-0.2, 0) is 7.05 Å². The Kier molecular flexibility index (Phi) is 5.18. The summed E-state index contributed by atoms with van der Waals surface area (Å²) in [5.41, 5.74) is 5.31. The van der Waals surface area contributed by atoms with Crippen molar-refractivity contribution >= 4 is 28.7 Å². The molecule has 0 bridgehead atoms. The van der Waals surface area contributed by atoms with E-state index in [4.69, 9.17) is 0 Å². The number of hydrogen-bond donors (Lipinski definition) is 3. The van der Waals surface area contributed by atoms with Crippen molar-refractivity contribution in [2.75, 3.05) is 10.6 Å². The number of benzene rings is 2. The molecule has 0 unspecified atom stereocenters. The molecule has 0 atom stereocenters. The van der Waals surface area contributed by atoms with Crippen molar-refractivity contribution in [2.45, 2.75) is 25.7 Å². The van der Waals surface area contributed by atoms with Crippen LogP contribution in [0.3, 0.4) is 0 Å². The average Bonchev–Trinajstić information content (AvgIpc) is 3.47. The molecule has 3 aromatic heterocycles. The number of nitrogens with zero attached hydrogens (tertiary/aromatic N) is 5. The van der Waals surface area contributed by atoms with Crippen molar-refractivity contribution in [1.82, 2.24) is 24.4 Å². The van der Waals surface area contributed by atoms with E-state index < -0.39 is 0 Å². The molecule has 5 aromatic rings. The Balaban J connectivity index is 1.34. The Morgan fingerprint density at radius 1 is 1.03 bits per heavy atom. The molecule has 2 aromatic carbocycles. The Hall–Kier alpha value is -4.66. The van der Waals surface area contributed by atoms with E-state index in [0.717, 1.165) is 5.56 Å². The number of imidazole rings is 1. The molecule has 1 amide bonds. The number of carbonyl (C=O) groups excluding carboxylic acids is 1. The number of aryl methyl sites for hydroxylation is 2. The van der Waals surface area contributed by atoms with Gasteiger partial charge in [-0.15, -0.1) is 0 Å². The van der Waals surface area contributed by atoms with Gasteiger partial charge >= 0.3 is 0 Å². The number of carbonyl (C=O) groups is 1. The summed E-state index contributed by atoms with van der Waals surface area (Å²) in [5.74, 6) is 0.962. The van der Waals surface area contributed by atoms with Crippen LogP contribution in [0.2, 0.25) is 0 Å². The molecule has 0 radical (unpaired) electrons. The van der Waals surface area contributed by atoms with Gasteiger partial charge in [-0.2, -0.15) is 10.2 Å². The first kappa shape index (κ1) is 21.8. The predicted molar refractivity (Wildman–Crippen MR) is 138 cm³/mol. The van der Waals surface area contributed by atoms with Gasteiger partial charge in [0.1, 0.15) is 5.75 Å². The number of hydrogen-bond acceptors (Lipinski definition) is 6. The number of nitrogens with one attached hydrogen (secondary N) is 2. The van der Waals surface area contributed by atoms with Crippen molar-refractivity contribution in [3.05, 3.63) is 83.8 Å². The molecular formula is C27H25N7O2. The zero-order valence-corrected chi connectivity index (χ0v) is 19.9. The minimum atomic E-state index is -0.280. The van der Waals surface area contributed by atoms with Gasteiger partial charge < -0.3 is 15.7 Å². The van der Waals surface area contributed by atoms with Gasteiger partial charge in [-0.3, -0.25) is 9.48 Å². The molecule has 0 saturated heterocycles. The van der Waals surface area contributed by atoms with E-state index in [-0.39, 0.29) is 11.7 Å². The maximum atomic E-state index is 12.9. The Labute approximate surface area is 207 Å². The van der Waals surface area contributed by atoms with Gasteiger partial charge in [0, 0.05) is 42.8 Å². The lowest BCUT2D eigenvalue weighted by Crippen LogP contribution is -2.12. The summed E-state index contributed by atoms with van der Waals surface area (Å²) in [7, 11) is 1.84. The zero-order valence-electron chi connectivity index (χ0n) is 19.9. The molecule has 0 aliphatic heterocycles. The fourth-order valence-corrected chi connectivity index (χ4v) is 4.38. The number of anilines is 3. The number of rotatable bonds is 6. The van der Waals surface area contributed by atoms with Gasteiger partial charge in [0.2, 0.25) is 0 Å². The first-order valence-corrected chi connectivity index (χ1v) is 11.8. The lowest BCUT2D eigenvalue weighted by molar-refractivity contribution is 0.102. The van der Waals surface area contributed by atoms with Gasteiger partial charge in [0.15, 0.2) is 11.5 Å². The van der Waals surface area contributed by atoms with E-state index in [2.05, 4.69) is 25.8 Å². The SMILES string of the molecule is Cc1ccc(NC(=O)c2ccc(C3CC3)cc2)c(O)c1-c1cc(Nc2ccn(C)n2)c2nccn2n1. The molecule has 36 heavy (non-hydrogen) atoms. The standard InChI is InChI=1S/C27H25N7O2/c1-16-3-10-20(30-27(36)19-8-6-18(7-9-19)17-4-5-17)25(35)24(16)21-15-22(26-28-12-14-34(26)31-21)29-23-11-13-33(2)32-23/h3,6-15,17,35H,4-5H2,1-2H3,(H,29,32)(H,30,36). The number of aromatic hydroxyl groups is 1. The van der Waals surface area contributed by atoms with Crippen LogP contribution < -0.4 is 10.6 Å². The van der Waals surface area contributed by atoms with Gasteiger partial charge in [0.05, 0.1) is 17.1 Å². The van der Waals surface area contributed by atoms with Gasteiger partial charge in [-0.25, -0.2) is 9.50 Å². The fourth-order valence-electron chi connectivity index (χ4n) is 4.38. The zero-order chi connectivity index (χ0) is 24.8. The lowest BCUT2D eigenvalue weighted by atomic mass is 10.0. The molecule has 0 spiro atoms. The first-order chi connectivity index (χ1) is 17.5. The molecule has 1 fully saturated rings. The maximum absolute atomic E-state index is 12.9. The van der Waals surface area contributed by atoms with Crippen LogP contribution in [0.15, 0.2) is 67.1 Å². The molecular weight excluding hydrogens is 454 g/mol. The van der Waals surface area contributed by atoms with Crippen molar-refractivity contribution in [3.8, 4) is 17.0 Å². The first-order valence-electron chi connectivity index (χ1n) is 11.8. The largest absolute Gasteiger partial charge is 0.505 e. The quantitative estimate of drug-likeness (QED) is 0.295. The van der Waals surface area contributed by atoms with Crippen LogP contribution in [0, 0.1) is 6.92 Å². The molecule has 3 N–H and O–H groups in total. The maximum Gasteiger partial charge on any atom is 0.255 e. The highest BCUT2D eigenvalue weighted by Gasteiger charge is 2.23. The summed E-state index contributed by atoms with van der Waals surface area (Å²) < 4.78 is 3.35. The number of phenolic OH excluding ortho intramolecular Hbond substituents is 1. The van der Waals surface area contributed by atoms with Crippen molar-refractivity contribution < 1.29 is 9.90 Å². The summed E-state index contributed by atoms with van der Waals surface area (Å²) in [5, 5.41) is 26.4. The second-order valence-electron chi connectivity index (χ2n) is 9.14. The van der Waals surface area contributed by atoms with E-state index >= 15 is 0 Å². The molecule has 1 aliphatic carbocycles. The molecule has 1 aliphatic rings. The average molecular weight is 480 g/mol. The van der Waals surface area contributed by atoms with Crippen LogP contribution in [0.5, 0.6) is 5.75 Å². The number of fused-ring (bicyclic) bond motifs is 1. The van der Waals surface area contributed by atoms with Crippen LogP contribution >= 0.6 is 0 Å². The van der Waals surface area contributed by atoms with E-state index in [1.165, 1.54) is 18.4 Å². The third-order valence-corrected chi connectivity index (χ3v) is 6.45. The summed E-state index contributed by atoms with van der Waals surface area (Å²) in [6, 6.07) is 14.9. The van der Waals surface area contributed by atoms with Gasteiger partial charge in [0.25, 0.3) is 5.91 Å². The monoisotopic (exact) mass is 479 g/mol. The highest BCUT2D eigenvalue weighted by atomic mass is 16.3. The Morgan fingerprint density at radius 2 is 1.83 bits per heavy atom. The van der Waals surface area contributed by atoms with Crippen molar-refractivity contribution in [3.63, 3.8) is 0 Å². The molecule has 9 nitrogen and oxygen atoms in total. The molecule has 3 heterocycles. The lowest BCUT2D eigenvalue weighted by Gasteiger charge is -2.15. The summed E-state index contributed by atoms with van der Waals surface area (Å²) in [6.45, 7) is 1.89. The van der Waals surface area contributed by atoms with Crippen LogP contribution in [-0.4, -0.2) is 35.4 Å². The smallest absolute Gasteiger partial charge is 0.255 e. The molecule has 1 saturated carbocycles. The third-order valence-electron chi connectivity index (χ3n) is 6.45. The Bertz CT molecular complexity index is 1600. The number of amides is 1. The molecule has 6 rings (SSSR count). The fraction of sp³-hybridized carbons (Fsp3) is 0.185. The van der Waals surface area contributed by atoms with Crippen LogP contribution in [0.1, 0.15) is 40.2 Å². The van der Waals surface area contributed by atoms with Crippen LogP contribution in [0.4, 0.5) is 17.2 Å². The Morgan fingerprint density at radius 3 is 2.56 bits per heavy atom. The normalized spacial score (nSPS) is 13.2. The minimum Gasteiger partial charge on any atom is -0.505 e. The van der Waals surface area contributed by atoms with Crippen LogP contribution in [0.25, 0.3) is 16.9 Å². The van der Waals surface area contributed by atoms with E-state index in [1.807, 2.05) is 62.6 Å². The second-order valence-corrected chi connectivity index (χ2v) is 9.14. The molecule has 180 valence electrons. The third kappa shape index (κ3) is 4.04. The predicted octanol–water partition coefficient (Wildman–Crippen LogP) is 5.02. The van der Waals surface area contributed by atoms with E-state index in [0.29, 0.717) is 45.6 Å². The highest BCUT2D eigenvalue weighted by Crippen LogP contribution is 2.41. The summed E-state index contributed by atoms with van der Waals surface area (Å²) >= 11 is 0. The van der Waals surface area contributed by atoms with Crippen molar-refractivity contribution in [1.29, 1.82) is 0 Å².